The van der Waals surface area contributed by atoms with Gasteiger partial charge in [0.1, 0.15) is 0 Å². The smallest absolute Gasteiger partial charge is 0.275 e. The number of nitrogens with one attached hydrogen (secondary N) is 1. The van der Waals surface area contributed by atoms with Gasteiger partial charge in [0.25, 0.3) is 5.69 Å². The van der Waals surface area contributed by atoms with Crippen molar-refractivity contribution in [2.24, 2.45) is 0 Å². The lowest BCUT2D eigenvalue weighted by Crippen LogP contribution is -2.23. The van der Waals surface area contributed by atoms with Crippen molar-refractivity contribution in [3.63, 3.8) is 0 Å². The first-order valence-corrected chi connectivity index (χ1v) is 7.00. The van der Waals surface area contributed by atoms with Crippen LogP contribution in [0.2, 0.25) is 0 Å². The lowest BCUT2D eigenvalue weighted by molar-refractivity contribution is -0.385. The molecule has 1 aromatic carbocycles. The standard InChI is InChI=1S/C16H19N3O2/c1-3-17-15(13-7-5-4-6-8-13)9-14-10-16(19(20)21)12(2)11-18-14/h4-8,10-11,15,17H,3,9H2,1-2H3. The molecule has 0 saturated carbocycles. The van der Waals surface area contributed by atoms with Crippen LogP contribution in [-0.4, -0.2) is 16.5 Å². The Morgan fingerprint density at radius 3 is 2.67 bits per heavy atom. The van der Waals surface area contributed by atoms with Crippen LogP contribution in [0.5, 0.6) is 0 Å². The van der Waals surface area contributed by atoms with E-state index in [1.807, 2.05) is 25.1 Å². The third-order valence-corrected chi connectivity index (χ3v) is 3.39. The summed E-state index contributed by atoms with van der Waals surface area (Å²) in [7, 11) is 0. The molecule has 0 radical (unpaired) electrons. The molecule has 1 N–H and O–H groups in total. The van der Waals surface area contributed by atoms with Crippen molar-refractivity contribution in [2.75, 3.05) is 6.54 Å². The molecule has 1 unspecified atom stereocenters. The summed E-state index contributed by atoms with van der Waals surface area (Å²) in [5.74, 6) is 0. The molecule has 0 spiro atoms. The fourth-order valence-electron chi connectivity index (χ4n) is 2.31. The number of nitrogens with zero attached hydrogens (tertiary/aromatic N) is 2. The molecule has 5 nitrogen and oxygen atoms in total. The number of aryl methyl sites for hydroxylation is 1. The molecule has 0 fully saturated rings. The molecule has 0 aliphatic heterocycles. The number of nitro groups is 1. The van der Waals surface area contributed by atoms with Crippen molar-refractivity contribution in [3.05, 3.63) is 69.5 Å². The highest BCUT2D eigenvalue weighted by molar-refractivity contribution is 5.39. The van der Waals surface area contributed by atoms with Gasteiger partial charge < -0.3 is 5.32 Å². The molecule has 2 aromatic rings. The first-order valence-electron chi connectivity index (χ1n) is 7.00. The Morgan fingerprint density at radius 2 is 2.05 bits per heavy atom. The van der Waals surface area contributed by atoms with Crippen LogP contribution in [0.4, 0.5) is 5.69 Å². The van der Waals surface area contributed by atoms with Gasteiger partial charge in [0, 0.05) is 36.0 Å². The minimum atomic E-state index is -0.356. The van der Waals surface area contributed by atoms with Crippen LogP contribution in [-0.2, 0) is 6.42 Å². The maximum Gasteiger partial charge on any atom is 0.275 e. The van der Waals surface area contributed by atoms with Gasteiger partial charge in [-0.05, 0) is 19.0 Å². The monoisotopic (exact) mass is 285 g/mol. The van der Waals surface area contributed by atoms with Crippen LogP contribution in [0.15, 0.2) is 42.6 Å². The number of likely N-dealkylation sites (N-methyl/N-ethyl adjacent to an activating group) is 1. The summed E-state index contributed by atoms with van der Waals surface area (Å²) in [5.41, 5.74) is 2.60. The largest absolute Gasteiger partial charge is 0.310 e. The van der Waals surface area contributed by atoms with E-state index in [0.29, 0.717) is 12.0 Å². The molecule has 0 aliphatic rings. The van der Waals surface area contributed by atoms with Crippen molar-refractivity contribution < 1.29 is 4.92 Å². The number of aromatic nitrogens is 1. The number of rotatable bonds is 6. The second-order valence-electron chi connectivity index (χ2n) is 4.94. The summed E-state index contributed by atoms with van der Waals surface area (Å²) < 4.78 is 0. The first-order chi connectivity index (χ1) is 10.1. The lowest BCUT2D eigenvalue weighted by Gasteiger charge is -2.18. The molecule has 0 aliphatic carbocycles. The van der Waals surface area contributed by atoms with Crippen molar-refractivity contribution in [1.82, 2.24) is 10.3 Å². The highest BCUT2D eigenvalue weighted by atomic mass is 16.6. The zero-order valence-electron chi connectivity index (χ0n) is 12.2. The average molecular weight is 285 g/mol. The Kier molecular flexibility index (Phi) is 5.00. The van der Waals surface area contributed by atoms with Gasteiger partial charge in [-0.1, -0.05) is 37.3 Å². The molecule has 2 rings (SSSR count). The number of pyridine rings is 1. The van der Waals surface area contributed by atoms with Gasteiger partial charge in [0.05, 0.1) is 4.92 Å². The third kappa shape index (κ3) is 3.86. The zero-order chi connectivity index (χ0) is 15.2. The van der Waals surface area contributed by atoms with Gasteiger partial charge in [0.15, 0.2) is 0 Å². The second kappa shape index (κ2) is 6.95. The molecule has 110 valence electrons. The van der Waals surface area contributed by atoms with Crippen LogP contribution < -0.4 is 5.32 Å². The predicted molar refractivity (Wildman–Crippen MR) is 82.2 cm³/mol. The number of hydrogen-bond acceptors (Lipinski definition) is 4. The minimum Gasteiger partial charge on any atom is -0.310 e. The van der Waals surface area contributed by atoms with Crippen LogP contribution in [0, 0.1) is 17.0 Å². The van der Waals surface area contributed by atoms with Crippen molar-refractivity contribution in [1.29, 1.82) is 0 Å². The van der Waals surface area contributed by atoms with Gasteiger partial charge in [-0.3, -0.25) is 15.1 Å². The molecule has 0 amide bonds. The van der Waals surface area contributed by atoms with Crippen molar-refractivity contribution >= 4 is 5.69 Å². The van der Waals surface area contributed by atoms with Crippen LogP contribution >= 0.6 is 0 Å². The Hall–Kier alpha value is -2.27. The molecule has 5 heteroatoms. The van der Waals surface area contributed by atoms with Gasteiger partial charge in [-0.25, -0.2) is 0 Å². The quantitative estimate of drug-likeness (QED) is 0.653. The minimum absolute atomic E-state index is 0.103. The predicted octanol–water partition coefficient (Wildman–Crippen LogP) is 3.19. The summed E-state index contributed by atoms with van der Waals surface area (Å²) in [6, 6.07) is 11.7. The SMILES string of the molecule is CCNC(Cc1cc([N+](=O)[O-])c(C)cn1)c1ccccc1. The van der Waals surface area contributed by atoms with E-state index in [2.05, 4.69) is 22.4 Å². The molecule has 0 bridgehead atoms. The van der Waals surface area contributed by atoms with E-state index < -0.39 is 0 Å². The topological polar surface area (TPSA) is 68.1 Å². The van der Waals surface area contributed by atoms with Gasteiger partial charge >= 0.3 is 0 Å². The molecular weight excluding hydrogens is 266 g/mol. The maximum atomic E-state index is 11.0. The Morgan fingerprint density at radius 1 is 1.33 bits per heavy atom. The van der Waals surface area contributed by atoms with E-state index >= 15 is 0 Å². The Bertz CT molecular complexity index is 614. The van der Waals surface area contributed by atoms with Crippen LogP contribution in [0.3, 0.4) is 0 Å². The number of benzene rings is 1. The Balaban J connectivity index is 2.25. The summed E-state index contributed by atoms with van der Waals surface area (Å²) >= 11 is 0. The maximum absolute atomic E-state index is 11.0. The van der Waals surface area contributed by atoms with Crippen molar-refractivity contribution in [2.45, 2.75) is 26.3 Å². The first kappa shape index (κ1) is 15.1. The van der Waals surface area contributed by atoms with Crippen molar-refractivity contribution in [3.8, 4) is 0 Å². The number of hydrogen-bond donors (Lipinski definition) is 1. The van der Waals surface area contributed by atoms with Crippen LogP contribution in [0.1, 0.15) is 29.8 Å². The molecule has 1 heterocycles. The fraction of sp³-hybridized carbons (Fsp3) is 0.312. The summed E-state index contributed by atoms with van der Waals surface area (Å²) in [6.45, 7) is 4.57. The molecule has 0 saturated heterocycles. The van der Waals surface area contributed by atoms with E-state index in [4.69, 9.17) is 0 Å². The summed E-state index contributed by atoms with van der Waals surface area (Å²) in [4.78, 5) is 15.0. The van der Waals surface area contributed by atoms with E-state index in [0.717, 1.165) is 17.8 Å². The summed E-state index contributed by atoms with van der Waals surface area (Å²) in [6.07, 6.45) is 2.19. The molecule has 21 heavy (non-hydrogen) atoms. The zero-order valence-corrected chi connectivity index (χ0v) is 12.2. The van der Waals surface area contributed by atoms with Crippen LogP contribution in [0.25, 0.3) is 0 Å². The normalized spacial score (nSPS) is 12.1. The lowest BCUT2D eigenvalue weighted by atomic mass is 10.0. The molecule has 1 aromatic heterocycles. The highest BCUT2D eigenvalue weighted by Gasteiger charge is 2.16. The summed E-state index contributed by atoms with van der Waals surface area (Å²) in [5, 5.41) is 14.4. The van der Waals surface area contributed by atoms with Gasteiger partial charge in [-0.15, -0.1) is 0 Å². The van der Waals surface area contributed by atoms with E-state index in [1.165, 1.54) is 0 Å². The fourth-order valence-corrected chi connectivity index (χ4v) is 2.31. The molecular formula is C16H19N3O2. The van der Waals surface area contributed by atoms with E-state index in [-0.39, 0.29) is 16.7 Å². The highest BCUT2D eigenvalue weighted by Crippen LogP contribution is 2.22. The van der Waals surface area contributed by atoms with Gasteiger partial charge in [-0.2, -0.15) is 0 Å². The van der Waals surface area contributed by atoms with E-state index in [9.17, 15) is 10.1 Å². The third-order valence-electron chi connectivity index (χ3n) is 3.39. The Labute approximate surface area is 124 Å². The van der Waals surface area contributed by atoms with Gasteiger partial charge in [0.2, 0.25) is 0 Å². The second-order valence-corrected chi connectivity index (χ2v) is 4.94. The average Bonchev–Trinajstić information content (AvgIpc) is 2.49. The van der Waals surface area contributed by atoms with E-state index in [1.54, 1.807) is 19.2 Å². The molecule has 1 atom stereocenters.